The standard InChI is InChI=1S/C16H15NO4/c18-14-12-8-4-5-9(6-8)13(12)15(19)17(14)11-3-1-2-10(7-11)16(20)21/h1-3,7-9,12-13H,4-6H2,(H,20,21)/t8-,9+,12+,13-. The number of carboxylic acid groups (broad SMARTS) is 1. The van der Waals surface area contributed by atoms with E-state index in [4.69, 9.17) is 5.11 Å². The lowest BCUT2D eigenvalue weighted by Gasteiger charge is -2.19. The Hall–Kier alpha value is -2.17. The van der Waals surface area contributed by atoms with Crippen LogP contribution in [0.25, 0.3) is 0 Å². The molecule has 0 spiro atoms. The molecule has 0 unspecified atom stereocenters. The zero-order valence-corrected chi connectivity index (χ0v) is 11.4. The minimum Gasteiger partial charge on any atom is -0.478 e. The number of hydrogen-bond acceptors (Lipinski definition) is 3. The molecule has 4 rings (SSSR count). The fourth-order valence-electron chi connectivity index (χ4n) is 4.44. The SMILES string of the molecule is O=C(O)c1cccc(N2C(=O)[C@@H]3[C@H]4CC[C@H](C4)[C@@H]3C2=O)c1. The van der Waals surface area contributed by atoms with Gasteiger partial charge in [-0.25, -0.2) is 4.79 Å². The monoisotopic (exact) mass is 285 g/mol. The first-order valence-electron chi connectivity index (χ1n) is 7.29. The van der Waals surface area contributed by atoms with Crippen molar-refractivity contribution in [2.24, 2.45) is 23.7 Å². The molecule has 21 heavy (non-hydrogen) atoms. The Labute approximate surface area is 121 Å². The molecule has 2 aliphatic carbocycles. The number of anilines is 1. The van der Waals surface area contributed by atoms with Gasteiger partial charge in [-0.05, 0) is 49.3 Å². The maximum Gasteiger partial charge on any atom is 0.335 e. The van der Waals surface area contributed by atoms with Crippen LogP contribution in [-0.4, -0.2) is 22.9 Å². The molecule has 2 bridgehead atoms. The Bertz CT molecular complexity index is 640. The largest absolute Gasteiger partial charge is 0.478 e. The predicted octanol–water partition coefficient (Wildman–Crippen LogP) is 1.92. The van der Waals surface area contributed by atoms with Crippen LogP contribution in [0, 0.1) is 23.7 Å². The molecule has 1 aromatic carbocycles. The number of benzene rings is 1. The highest BCUT2D eigenvalue weighted by Gasteiger charge is 2.61. The summed E-state index contributed by atoms with van der Waals surface area (Å²) < 4.78 is 0. The minimum atomic E-state index is -1.06. The first kappa shape index (κ1) is 12.6. The first-order chi connectivity index (χ1) is 10.1. The van der Waals surface area contributed by atoms with Gasteiger partial charge in [-0.15, -0.1) is 0 Å². The molecule has 108 valence electrons. The Morgan fingerprint density at radius 3 is 2.29 bits per heavy atom. The van der Waals surface area contributed by atoms with Crippen LogP contribution in [0.2, 0.25) is 0 Å². The maximum absolute atomic E-state index is 12.6. The van der Waals surface area contributed by atoms with Crippen molar-refractivity contribution in [1.29, 1.82) is 0 Å². The first-order valence-corrected chi connectivity index (χ1v) is 7.29. The summed E-state index contributed by atoms with van der Waals surface area (Å²) in [5.41, 5.74) is 0.479. The Morgan fingerprint density at radius 2 is 1.71 bits per heavy atom. The third-order valence-electron chi connectivity index (χ3n) is 5.28. The predicted molar refractivity (Wildman–Crippen MR) is 73.7 cm³/mol. The van der Waals surface area contributed by atoms with E-state index in [2.05, 4.69) is 0 Å². The smallest absolute Gasteiger partial charge is 0.335 e. The summed E-state index contributed by atoms with van der Waals surface area (Å²) >= 11 is 0. The van der Waals surface area contributed by atoms with Crippen molar-refractivity contribution < 1.29 is 19.5 Å². The summed E-state index contributed by atoms with van der Waals surface area (Å²) in [6.45, 7) is 0. The van der Waals surface area contributed by atoms with Crippen molar-refractivity contribution in [1.82, 2.24) is 0 Å². The van der Waals surface area contributed by atoms with E-state index >= 15 is 0 Å². The van der Waals surface area contributed by atoms with E-state index in [0.717, 1.165) is 19.3 Å². The van der Waals surface area contributed by atoms with Crippen LogP contribution in [0.15, 0.2) is 24.3 Å². The second-order valence-electron chi connectivity index (χ2n) is 6.25. The van der Waals surface area contributed by atoms with Crippen molar-refractivity contribution in [2.75, 3.05) is 4.90 Å². The molecular formula is C16H15NO4. The third-order valence-corrected chi connectivity index (χ3v) is 5.28. The molecule has 3 aliphatic rings. The molecule has 2 saturated carbocycles. The fourth-order valence-corrected chi connectivity index (χ4v) is 4.44. The molecule has 1 heterocycles. The lowest BCUT2D eigenvalue weighted by Crippen LogP contribution is -2.32. The van der Waals surface area contributed by atoms with Gasteiger partial charge in [0.15, 0.2) is 0 Å². The summed E-state index contributed by atoms with van der Waals surface area (Å²) in [7, 11) is 0. The van der Waals surface area contributed by atoms with Crippen molar-refractivity contribution >= 4 is 23.5 Å². The molecule has 2 amide bonds. The van der Waals surface area contributed by atoms with Crippen LogP contribution in [-0.2, 0) is 9.59 Å². The van der Waals surface area contributed by atoms with Gasteiger partial charge in [0, 0.05) is 0 Å². The maximum atomic E-state index is 12.6. The molecular weight excluding hydrogens is 270 g/mol. The minimum absolute atomic E-state index is 0.0909. The van der Waals surface area contributed by atoms with Gasteiger partial charge in [-0.2, -0.15) is 0 Å². The molecule has 5 heteroatoms. The number of hydrogen-bond donors (Lipinski definition) is 1. The van der Waals surface area contributed by atoms with Gasteiger partial charge >= 0.3 is 5.97 Å². The Kier molecular flexibility index (Phi) is 2.49. The molecule has 4 atom stereocenters. The molecule has 3 fully saturated rings. The lowest BCUT2D eigenvalue weighted by molar-refractivity contribution is -0.123. The van der Waals surface area contributed by atoms with Gasteiger partial charge in [0.05, 0.1) is 23.1 Å². The average molecular weight is 285 g/mol. The average Bonchev–Trinajstić information content (AvgIpc) is 3.13. The lowest BCUT2D eigenvalue weighted by atomic mass is 9.81. The molecule has 1 saturated heterocycles. The number of carboxylic acids is 1. The highest BCUT2D eigenvalue weighted by molar-refractivity contribution is 6.22. The summed E-state index contributed by atoms with van der Waals surface area (Å²) in [6, 6.07) is 6.07. The van der Waals surface area contributed by atoms with Crippen LogP contribution < -0.4 is 4.90 Å². The van der Waals surface area contributed by atoms with Gasteiger partial charge < -0.3 is 5.11 Å². The van der Waals surface area contributed by atoms with E-state index in [1.54, 1.807) is 12.1 Å². The fraction of sp³-hybridized carbons (Fsp3) is 0.438. The molecule has 0 radical (unpaired) electrons. The number of fused-ring (bicyclic) bond motifs is 5. The van der Waals surface area contributed by atoms with Crippen LogP contribution >= 0.6 is 0 Å². The van der Waals surface area contributed by atoms with E-state index in [0.29, 0.717) is 17.5 Å². The van der Waals surface area contributed by atoms with Gasteiger partial charge in [-0.3, -0.25) is 14.5 Å². The van der Waals surface area contributed by atoms with Crippen LogP contribution in [0.5, 0.6) is 0 Å². The second kappa shape index (κ2) is 4.16. The number of rotatable bonds is 2. The zero-order chi connectivity index (χ0) is 14.7. The summed E-state index contributed by atoms with van der Waals surface area (Å²) in [4.78, 5) is 37.5. The van der Waals surface area contributed by atoms with Gasteiger partial charge in [0.2, 0.25) is 11.8 Å². The van der Waals surface area contributed by atoms with E-state index in [1.807, 2.05) is 0 Å². The van der Waals surface area contributed by atoms with Crippen molar-refractivity contribution in [2.45, 2.75) is 19.3 Å². The number of amides is 2. The Morgan fingerprint density at radius 1 is 1.10 bits per heavy atom. The van der Waals surface area contributed by atoms with Crippen LogP contribution in [0.3, 0.4) is 0 Å². The number of carbonyl (C=O) groups is 3. The number of nitrogens with zero attached hydrogens (tertiary/aromatic N) is 1. The summed E-state index contributed by atoms with van der Waals surface area (Å²) in [6.07, 6.45) is 3.07. The molecule has 0 aromatic heterocycles. The Balaban J connectivity index is 1.73. The van der Waals surface area contributed by atoms with Gasteiger partial charge in [0.25, 0.3) is 0 Å². The van der Waals surface area contributed by atoms with Gasteiger partial charge in [0.1, 0.15) is 0 Å². The molecule has 1 aromatic rings. The summed E-state index contributed by atoms with van der Waals surface area (Å²) in [5, 5.41) is 9.05. The van der Waals surface area contributed by atoms with E-state index in [-0.39, 0.29) is 29.2 Å². The summed E-state index contributed by atoms with van der Waals surface area (Å²) in [5.74, 6) is -1.02. The van der Waals surface area contributed by atoms with E-state index < -0.39 is 5.97 Å². The quantitative estimate of drug-likeness (QED) is 0.842. The second-order valence-corrected chi connectivity index (χ2v) is 6.25. The van der Waals surface area contributed by atoms with Gasteiger partial charge in [-0.1, -0.05) is 6.07 Å². The highest BCUT2D eigenvalue weighted by atomic mass is 16.4. The van der Waals surface area contributed by atoms with Crippen LogP contribution in [0.4, 0.5) is 5.69 Å². The molecule has 1 N–H and O–H groups in total. The van der Waals surface area contributed by atoms with E-state index in [9.17, 15) is 14.4 Å². The molecule has 1 aliphatic heterocycles. The van der Waals surface area contributed by atoms with E-state index in [1.165, 1.54) is 17.0 Å². The third kappa shape index (κ3) is 1.60. The van der Waals surface area contributed by atoms with Crippen LogP contribution in [0.1, 0.15) is 29.6 Å². The van der Waals surface area contributed by atoms with Crippen molar-refractivity contribution in [3.8, 4) is 0 Å². The number of carbonyl (C=O) groups excluding carboxylic acids is 2. The highest BCUT2D eigenvalue weighted by Crippen LogP contribution is 2.56. The normalized spacial score (nSPS) is 33.6. The zero-order valence-electron chi connectivity index (χ0n) is 11.4. The number of imide groups is 1. The number of aromatic carboxylic acids is 1. The topological polar surface area (TPSA) is 74.7 Å². The van der Waals surface area contributed by atoms with Crippen molar-refractivity contribution in [3.63, 3.8) is 0 Å². The van der Waals surface area contributed by atoms with Crippen molar-refractivity contribution in [3.05, 3.63) is 29.8 Å². The molecule has 5 nitrogen and oxygen atoms in total.